The SMILES string of the molecule is Cc1ccc(C)c(-n2nnc(CO)c2CC(C)C)c1. The lowest BCUT2D eigenvalue weighted by Gasteiger charge is -2.12. The molecule has 0 fully saturated rings. The summed E-state index contributed by atoms with van der Waals surface area (Å²) in [6.45, 7) is 8.37. The molecule has 2 aromatic rings. The van der Waals surface area contributed by atoms with Crippen LogP contribution in [0.1, 0.15) is 36.4 Å². The molecule has 2 rings (SSSR count). The number of hydrogen-bond acceptors (Lipinski definition) is 3. The van der Waals surface area contributed by atoms with Crippen LogP contribution in [0.3, 0.4) is 0 Å². The Bertz CT molecular complexity index is 573. The lowest BCUT2D eigenvalue weighted by atomic mass is 10.1. The normalized spacial score (nSPS) is 11.3. The van der Waals surface area contributed by atoms with Crippen LogP contribution in [0.2, 0.25) is 0 Å². The lowest BCUT2D eigenvalue weighted by Crippen LogP contribution is -2.08. The quantitative estimate of drug-likeness (QED) is 0.918. The third-order valence-electron chi connectivity index (χ3n) is 3.19. The minimum absolute atomic E-state index is 0.0626. The van der Waals surface area contributed by atoms with Crippen molar-refractivity contribution in [2.45, 2.75) is 40.7 Å². The minimum atomic E-state index is -0.0626. The summed E-state index contributed by atoms with van der Waals surface area (Å²) >= 11 is 0. The van der Waals surface area contributed by atoms with E-state index in [1.54, 1.807) is 0 Å². The Morgan fingerprint density at radius 3 is 2.63 bits per heavy atom. The molecule has 0 saturated heterocycles. The number of hydrogen-bond donors (Lipinski definition) is 1. The fourth-order valence-corrected chi connectivity index (χ4v) is 2.19. The van der Waals surface area contributed by atoms with Crippen LogP contribution in [-0.2, 0) is 13.0 Å². The van der Waals surface area contributed by atoms with Crippen molar-refractivity contribution in [1.29, 1.82) is 0 Å². The molecule has 0 amide bonds. The van der Waals surface area contributed by atoms with Crippen molar-refractivity contribution in [2.75, 3.05) is 0 Å². The maximum atomic E-state index is 9.40. The van der Waals surface area contributed by atoms with Gasteiger partial charge in [0.2, 0.25) is 0 Å². The zero-order chi connectivity index (χ0) is 14.0. The van der Waals surface area contributed by atoms with E-state index in [9.17, 15) is 5.11 Å². The standard InChI is InChI=1S/C15H21N3O/c1-10(2)7-15-13(9-19)16-17-18(15)14-8-11(3)5-6-12(14)4/h5-6,8,10,19H,7,9H2,1-4H3. The van der Waals surface area contributed by atoms with E-state index in [4.69, 9.17) is 0 Å². The second-order valence-corrected chi connectivity index (χ2v) is 5.44. The van der Waals surface area contributed by atoms with Gasteiger partial charge in [-0.25, -0.2) is 4.68 Å². The molecular weight excluding hydrogens is 238 g/mol. The zero-order valence-corrected chi connectivity index (χ0v) is 12.0. The van der Waals surface area contributed by atoms with E-state index in [0.717, 1.165) is 23.4 Å². The highest BCUT2D eigenvalue weighted by molar-refractivity contribution is 5.43. The van der Waals surface area contributed by atoms with Gasteiger partial charge in [0.1, 0.15) is 5.69 Å². The van der Waals surface area contributed by atoms with E-state index in [1.165, 1.54) is 5.56 Å². The summed E-state index contributed by atoms with van der Waals surface area (Å²) in [7, 11) is 0. The molecule has 4 nitrogen and oxygen atoms in total. The molecule has 1 aromatic carbocycles. The molecule has 0 aliphatic heterocycles. The van der Waals surface area contributed by atoms with Crippen LogP contribution in [0.25, 0.3) is 5.69 Å². The topological polar surface area (TPSA) is 50.9 Å². The van der Waals surface area contributed by atoms with E-state index < -0.39 is 0 Å². The molecule has 0 saturated carbocycles. The van der Waals surface area contributed by atoms with Gasteiger partial charge in [-0.05, 0) is 43.4 Å². The van der Waals surface area contributed by atoms with Gasteiger partial charge < -0.3 is 5.11 Å². The average molecular weight is 259 g/mol. The number of rotatable bonds is 4. The Balaban J connectivity index is 2.55. The first-order valence-corrected chi connectivity index (χ1v) is 6.65. The molecule has 19 heavy (non-hydrogen) atoms. The van der Waals surface area contributed by atoms with Crippen molar-refractivity contribution in [3.8, 4) is 5.69 Å². The zero-order valence-electron chi connectivity index (χ0n) is 12.0. The lowest BCUT2D eigenvalue weighted by molar-refractivity contribution is 0.275. The molecule has 0 aliphatic rings. The summed E-state index contributed by atoms with van der Waals surface area (Å²) in [5.74, 6) is 0.493. The summed E-state index contributed by atoms with van der Waals surface area (Å²) in [5.41, 5.74) is 5.07. The number of nitrogens with zero attached hydrogens (tertiary/aromatic N) is 3. The Morgan fingerprint density at radius 1 is 1.26 bits per heavy atom. The van der Waals surface area contributed by atoms with Crippen molar-refractivity contribution in [1.82, 2.24) is 15.0 Å². The van der Waals surface area contributed by atoms with Crippen LogP contribution >= 0.6 is 0 Å². The second kappa shape index (κ2) is 5.53. The number of benzene rings is 1. The Kier molecular flexibility index (Phi) is 4.00. The Labute approximate surface area is 114 Å². The fraction of sp³-hybridized carbons (Fsp3) is 0.467. The highest BCUT2D eigenvalue weighted by atomic mass is 16.3. The maximum Gasteiger partial charge on any atom is 0.112 e. The van der Waals surface area contributed by atoms with Crippen LogP contribution < -0.4 is 0 Å². The van der Waals surface area contributed by atoms with Gasteiger partial charge in [0, 0.05) is 0 Å². The van der Waals surface area contributed by atoms with Gasteiger partial charge >= 0.3 is 0 Å². The van der Waals surface area contributed by atoms with Crippen molar-refractivity contribution in [3.05, 3.63) is 40.7 Å². The highest BCUT2D eigenvalue weighted by Crippen LogP contribution is 2.20. The van der Waals surface area contributed by atoms with Crippen LogP contribution in [-0.4, -0.2) is 20.1 Å². The van der Waals surface area contributed by atoms with E-state index in [1.807, 2.05) is 4.68 Å². The number of aryl methyl sites for hydroxylation is 2. The van der Waals surface area contributed by atoms with Crippen LogP contribution in [0, 0.1) is 19.8 Å². The van der Waals surface area contributed by atoms with Crippen molar-refractivity contribution >= 4 is 0 Å². The fourth-order valence-electron chi connectivity index (χ4n) is 2.19. The number of aromatic nitrogens is 3. The summed E-state index contributed by atoms with van der Waals surface area (Å²) in [6.07, 6.45) is 0.857. The van der Waals surface area contributed by atoms with E-state index in [2.05, 4.69) is 56.2 Å². The summed E-state index contributed by atoms with van der Waals surface area (Å²) < 4.78 is 1.87. The molecule has 102 valence electrons. The van der Waals surface area contributed by atoms with Gasteiger partial charge in [-0.1, -0.05) is 31.2 Å². The van der Waals surface area contributed by atoms with E-state index in [-0.39, 0.29) is 6.61 Å². The number of aliphatic hydroxyl groups is 1. The Morgan fingerprint density at radius 2 is 2.00 bits per heavy atom. The Hall–Kier alpha value is -1.68. The van der Waals surface area contributed by atoms with E-state index in [0.29, 0.717) is 11.6 Å². The molecule has 0 spiro atoms. The van der Waals surface area contributed by atoms with Gasteiger partial charge in [0.15, 0.2) is 0 Å². The molecule has 0 atom stereocenters. The third kappa shape index (κ3) is 2.84. The van der Waals surface area contributed by atoms with Gasteiger partial charge in [0.05, 0.1) is 18.0 Å². The molecule has 1 N–H and O–H groups in total. The molecular formula is C15H21N3O. The summed E-state index contributed by atoms with van der Waals surface area (Å²) in [6, 6.07) is 6.28. The monoisotopic (exact) mass is 259 g/mol. The van der Waals surface area contributed by atoms with Gasteiger partial charge in [-0.15, -0.1) is 5.10 Å². The molecule has 0 aliphatic carbocycles. The largest absolute Gasteiger partial charge is 0.390 e. The van der Waals surface area contributed by atoms with Crippen molar-refractivity contribution in [3.63, 3.8) is 0 Å². The molecule has 1 aromatic heterocycles. The molecule has 0 radical (unpaired) electrons. The van der Waals surface area contributed by atoms with Gasteiger partial charge in [-0.3, -0.25) is 0 Å². The summed E-state index contributed by atoms with van der Waals surface area (Å²) in [4.78, 5) is 0. The average Bonchev–Trinajstić information content (AvgIpc) is 2.74. The predicted molar refractivity (Wildman–Crippen MR) is 75.3 cm³/mol. The van der Waals surface area contributed by atoms with Gasteiger partial charge in [0.25, 0.3) is 0 Å². The first-order chi connectivity index (χ1) is 9.02. The van der Waals surface area contributed by atoms with Crippen LogP contribution in [0.5, 0.6) is 0 Å². The smallest absolute Gasteiger partial charge is 0.112 e. The minimum Gasteiger partial charge on any atom is -0.390 e. The van der Waals surface area contributed by atoms with Crippen LogP contribution in [0.4, 0.5) is 0 Å². The highest BCUT2D eigenvalue weighted by Gasteiger charge is 2.16. The third-order valence-corrected chi connectivity index (χ3v) is 3.19. The molecule has 4 heteroatoms. The summed E-state index contributed by atoms with van der Waals surface area (Å²) in [5, 5.41) is 17.7. The first-order valence-electron chi connectivity index (χ1n) is 6.65. The first kappa shape index (κ1) is 13.7. The van der Waals surface area contributed by atoms with Crippen molar-refractivity contribution in [2.24, 2.45) is 5.92 Å². The van der Waals surface area contributed by atoms with Gasteiger partial charge in [-0.2, -0.15) is 0 Å². The molecule has 0 unspecified atom stereocenters. The number of aliphatic hydroxyl groups excluding tert-OH is 1. The van der Waals surface area contributed by atoms with E-state index >= 15 is 0 Å². The maximum absolute atomic E-state index is 9.40. The predicted octanol–water partition coefficient (Wildman–Crippen LogP) is 2.57. The second-order valence-electron chi connectivity index (χ2n) is 5.44. The molecule has 1 heterocycles. The van der Waals surface area contributed by atoms with Crippen LogP contribution in [0.15, 0.2) is 18.2 Å². The molecule has 0 bridgehead atoms. The van der Waals surface area contributed by atoms with Crippen molar-refractivity contribution < 1.29 is 5.11 Å².